The molecule has 2 aromatic carbocycles. The summed E-state index contributed by atoms with van der Waals surface area (Å²) in [5.74, 6) is 0.533. The lowest BCUT2D eigenvalue weighted by Gasteiger charge is -2.28. The van der Waals surface area contributed by atoms with Gasteiger partial charge in [-0.25, -0.2) is 0 Å². The van der Waals surface area contributed by atoms with Gasteiger partial charge in [0.05, 0.1) is 13.0 Å². The van der Waals surface area contributed by atoms with Crippen LogP contribution in [0.1, 0.15) is 52.0 Å². The number of ether oxygens (including phenoxy) is 1. The molecule has 1 aliphatic carbocycles. The van der Waals surface area contributed by atoms with Gasteiger partial charge in [0, 0.05) is 6.61 Å². The first-order chi connectivity index (χ1) is 13.9. The largest absolute Gasteiger partial charge is 0.469 e. The zero-order chi connectivity index (χ0) is 20.9. The second-order valence-corrected chi connectivity index (χ2v) is 11.2. The predicted octanol–water partition coefficient (Wildman–Crippen LogP) is 4.09. The highest BCUT2D eigenvalue weighted by atomic mass is 28.3. The molecule has 0 amide bonds. The summed E-state index contributed by atoms with van der Waals surface area (Å²) in [6.45, 7) is 7.49. The average molecular weight is 410 g/mol. The van der Waals surface area contributed by atoms with Crippen LogP contribution in [0.2, 0.25) is 0 Å². The number of hydrogen-bond acceptors (Lipinski definition) is 3. The van der Waals surface area contributed by atoms with Crippen LogP contribution < -0.4 is 10.4 Å². The van der Waals surface area contributed by atoms with Crippen LogP contribution in [0, 0.1) is 11.8 Å². The van der Waals surface area contributed by atoms with Gasteiger partial charge in [0.25, 0.3) is 9.04 Å². The molecule has 3 rings (SSSR count). The lowest BCUT2D eigenvalue weighted by Crippen LogP contribution is -2.46. The Morgan fingerprint density at radius 1 is 0.931 bits per heavy atom. The van der Waals surface area contributed by atoms with Crippen molar-refractivity contribution in [3.8, 4) is 0 Å². The Labute approximate surface area is 177 Å². The van der Waals surface area contributed by atoms with E-state index in [0.717, 1.165) is 32.3 Å². The molecule has 0 saturated heterocycles. The molecular formula is C25H33O3Si. The van der Waals surface area contributed by atoms with Crippen molar-refractivity contribution in [2.24, 2.45) is 11.8 Å². The van der Waals surface area contributed by atoms with Crippen LogP contribution in [0.3, 0.4) is 0 Å². The standard InChI is InChI=1S/C25H33O3Si/c1-25(2,3)21-14-16-23(17-15-21)29(22-8-6-5-7-9-22)28-18-19-10-12-20(13-11-19)24(26)27-4/h5-9,14-17,19-20H,10-13,18H2,1-4H3. The van der Waals surface area contributed by atoms with Crippen molar-refractivity contribution >= 4 is 25.4 Å². The van der Waals surface area contributed by atoms with Crippen molar-refractivity contribution in [2.45, 2.75) is 51.9 Å². The van der Waals surface area contributed by atoms with Crippen molar-refractivity contribution in [2.75, 3.05) is 13.7 Å². The number of hydrogen-bond donors (Lipinski definition) is 0. The zero-order valence-corrected chi connectivity index (χ0v) is 19.1. The van der Waals surface area contributed by atoms with Gasteiger partial charge in [-0.2, -0.15) is 0 Å². The molecule has 0 unspecified atom stereocenters. The second-order valence-electron chi connectivity index (χ2n) is 9.07. The highest BCUT2D eigenvalue weighted by molar-refractivity contribution is 6.80. The Morgan fingerprint density at radius 3 is 2.07 bits per heavy atom. The van der Waals surface area contributed by atoms with E-state index >= 15 is 0 Å². The van der Waals surface area contributed by atoms with E-state index in [1.165, 1.54) is 23.0 Å². The van der Waals surface area contributed by atoms with Crippen LogP contribution in [0.15, 0.2) is 54.6 Å². The number of esters is 1. The topological polar surface area (TPSA) is 35.5 Å². The fourth-order valence-corrected chi connectivity index (χ4v) is 6.01. The number of rotatable bonds is 6. The smallest absolute Gasteiger partial charge is 0.308 e. The monoisotopic (exact) mass is 409 g/mol. The van der Waals surface area contributed by atoms with E-state index in [1.54, 1.807) is 0 Å². The van der Waals surface area contributed by atoms with E-state index in [1.807, 2.05) is 0 Å². The van der Waals surface area contributed by atoms with Gasteiger partial charge in [-0.3, -0.25) is 4.79 Å². The van der Waals surface area contributed by atoms with Gasteiger partial charge in [0.1, 0.15) is 0 Å². The molecule has 29 heavy (non-hydrogen) atoms. The van der Waals surface area contributed by atoms with Crippen LogP contribution in [0.25, 0.3) is 0 Å². The lowest BCUT2D eigenvalue weighted by atomic mass is 9.82. The highest BCUT2D eigenvalue weighted by Gasteiger charge is 2.28. The molecular weight excluding hydrogens is 376 g/mol. The normalized spacial score (nSPS) is 19.9. The number of carbonyl (C=O) groups is 1. The van der Waals surface area contributed by atoms with Gasteiger partial charge in [0.2, 0.25) is 0 Å². The molecule has 3 nitrogen and oxygen atoms in total. The molecule has 1 radical (unpaired) electrons. The summed E-state index contributed by atoms with van der Waals surface area (Å²) >= 11 is 0. The van der Waals surface area contributed by atoms with E-state index < -0.39 is 9.04 Å². The number of benzene rings is 2. The molecule has 0 aromatic heterocycles. The van der Waals surface area contributed by atoms with E-state index in [2.05, 4.69) is 75.4 Å². The first kappa shape index (κ1) is 21.8. The van der Waals surface area contributed by atoms with Crippen LogP contribution in [0.5, 0.6) is 0 Å². The van der Waals surface area contributed by atoms with Crippen LogP contribution in [-0.2, 0) is 19.4 Å². The van der Waals surface area contributed by atoms with Gasteiger partial charge in [-0.15, -0.1) is 0 Å². The molecule has 4 heteroatoms. The minimum Gasteiger partial charge on any atom is -0.469 e. The Balaban J connectivity index is 1.69. The van der Waals surface area contributed by atoms with Gasteiger partial charge in [-0.05, 0) is 53.0 Å². The third-order valence-electron chi connectivity index (χ3n) is 5.89. The van der Waals surface area contributed by atoms with Crippen molar-refractivity contribution in [1.29, 1.82) is 0 Å². The third-order valence-corrected chi connectivity index (χ3v) is 8.06. The van der Waals surface area contributed by atoms with Crippen molar-refractivity contribution < 1.29 is 14.0 Å². The summed E-state index contributed by atoms with van der Waals surface area (Å²) in [4.78, 5) is 11.8. The second kappa shape index (κ2) is 9.73. The van der Waals surface area contributed by atoms with E-state index in [-0.39, 0.29) is 17.3 Å². The van der Waals surface area contributed by atoms with Crippen LogP contribution >= 0.6 is 0 Å². The van der Waals surface area contributed by atoms with Gasteiger partial charge in [-0.1, -0.05) is 75.4 Å². The molecule has 2 aromatic rings. The maximum absolute atomic E-state index is 11.8. The molecule has 0 bridgehead atoms. The summed E-state index contributed by atoms with van der Waals surface area (Å²) in [7, 11) is 0.197. The Bertz CT molecular complexity index is 772. The molecule has 1 aliphatic rings. The minimum atomic E-state index is -1.29. The van der Waals surface area contributed by atoms with Crippen molar-refractivity contribution in [3.63, 3.8) is 0 Å². The maximum atomic E-state index is 11.8. The first-order valence-electron chi connectivity index (χ1n) is 10.6. The Kier molecular flexibility index (Phi) is 7.31. The molecule has 0 spiro atoms. The molecule has 0 aliphatic heterocycles. The molecule has 0 atom stereocenters. The summed E-state index contributed by atoms with van der Waals surface area (Å²) in [5.41, 5.74) is 1.49. The lowest BCUT2D eigenvalue weighted by molar-refractivity contribution is -0.146. The summed E-state index contributed by atoms with van der Waals surface area (Å²) in [6, 6.07) is 19.6. The Hall–Kier alpha value is -1.91. The van der Waals surface area contributed by atoms with Crippen molar-refractivity contribution in [3.05, 3.63) is 60.2 Å². The molecule has 155 valence electrons. The Morgan fingerprint density at radius 2 is 1.52 bits per heavy atom. The molecule has 1 saturated carbocycles. The fourth-order valence-electron chi connectivity index (χ4n) is 3.98. The average Bonchev–Trinajstić information content (AvgIpc) is 2.74. The van der Waals surface area contributed by atoms with E-state index in [9.17, 15) is 4.79 Å². The molecule has 0 N–H and O–H groups in total. The fraction of sp³-hybridized carbons (Fsp3) is 0.480. The van der Waals surface area contributed by atoms with E-state index in [0.29, 0.717) is 5.92 Å². The van der Waals surface area contributed by atoms with Crippen molar-refractivity contribution in [1.82, 2.24) is 0 Å². The van der Waals surface area contributed by atoms with Gasteiger partial charge in [0.15, 0.2) is 0 Å². The molecule has 0 heterocycles. The third kappa shape index (κ3) is 5.80. The van der Waals surface area contributed by atoms with Crippen LogP contribution in [-0.4, -0.2) is 28.7 Å². The maximum Gasteiger partial charge on any atom is 0.308 e. The quantitative estimate of drug-likeness (QED) is 0.533. The van der Waals surface area contributed by atoms with Gasteiger partial charge >= 0.3 is 5.97 Å². The van der Waals surface area contributed by atoms with Crippen LogP contribution in [0.4, 0.5) is 0 Å². The minimum absolute atomic E-state index is 0.0580. The highest BCUT2D eigenvalue weighted by Crippen LogP contribution is 2.29. The van der Waals surface area contributed by atoms with Gasteiger partial charge < -0.3 is 9.16 Å². The van der Waals surface area contributed by atoms with E-state index in [4.69, 9.17) is 9.16 Å². The number of carbonyl (C=O) groups excluding carboxylic acids is 1. The summed E-state index contributed by atoms with van der Waals surface area (Å²) < 4.78 is 11.5. The number of methoxy groups -OCH3 is 1. The zero-order valence-electron chi connectivity index (χ0n) is 18.1. The predicted molar refractivity (Wildman–Crippen MR) is 120 cm³/mol. The first-order valence-corrected chi connectivity index (χ1v) is 12.0. The SMILES string of the molecule is COC(=O)C1CCC(CO[Si](c2ccccc2)c2ccc(C(C)(C)C)cc2)CC1. The molecule has 1 fully saturated rings. The summed E-state index contributed by atoms with van der Waals surface area (Å²) in [6.07, 6.45) is 3.89. The summed E-state index contributed by atoms with van der Waals surface area (Å²) in [5, 5.41) is 2.57.